The summed E-state index contributed by atoms with van der Waals surface area (Å²) in [5.74, 6) is -0.710. The fraction of sp³-hybridized carbons (Fsp3) is 0.192. The van der Waals surface area contributed by atoms with E-state index in [1.807, 2.05) is 56.6 Å². The van der Waals surface area contributed by atoms with Crippen molar-refractivity contribution in [1.82, 2.24) is 20.1 Å². The minimum absolute atomic E-state index is 0.0697. The van der Waals surface area contributed by atoms with Crippen LogP contribution in [0.4, 0.5) is 4.39 Å². The number of hydrogen-bond donors (Lipinski definition) is 1. The third kappa shape index (κ3) is 5.26. The van der Waals surface area contributed by atoms with Crippen LogP contribution in [-0.4, -0.2) is 26.8 Å². The molecule has 0 saturated carbocycles. The summed E-state index contributed by atoms with van der Waals surface area (Å²) in [5, 5.41) is 7.54. The highest BCUT2D eigenvalue weighted by atomic mass is 19.1. The Bertz CT molecular complexity index is 1240. The fourth-order valence-corrected chi connectivity index (χ4v) is 3.59. The highest BCUT2D eigenvalue weighted by molar-refractivity contribution is 5.82. The van der Waals surface area contributed by atoms with Gasteiger partial charge in [0, 0.05) is 43.3 Å². The number of halogens is 1. The number of aromatic nitrogens is 3. The van der Waals surface area contributed by atoms with Gasteiger partial charge in [-0.3, -0.25) is 14.5 Å². The summed E-state index contributed by atoms with van der Waals surface area (Å²) in [6, 6.07) is 17.9. The van der Waals surface area contributed by atoms with Crippen LogP contribution in [0.3, 0.4) is 0 Å². The summed E-state index contributed by atoms with van der Waals surface area (Å²) in [5.41, 5.74) is 4.76. The van der Waals surface area contributed by atoms with E-state index in [4.69, 9.17) is 4.74 Å². The molecule has 1 N–H and O–H groups in total. The lowest BCUT2D eigenvalue weighted by Gasteiger charge is -2.17. The quantitative estimate of drug-likeness (QED) is 0.425. The first-order valence-electron chi connectivity index (χ1n) is 10.8. The van der Waals surface area contributed by atoms with Crippen LogP contribution >= 0.6 is 0 Å². The van der Waals surface area contributed by atoms with Crippen LogP contribution in [0.15, 0.2) is 79.3 Å². The van der Waals surface area contributed by atoms with E-state index in [1.165, 1.54) is 12.1 Å². The molecule has 0 radical (unpaired) electrons. The molecular weight excluding hydrogens is 419 g/mol. The molecule has 1 atom stereocenters. The van der Waals surface area contributed by atoms with E-state index < -0.39 is 11.9 Å². The second-order valence-corrected chi connectivity index (χ2v) is 7.66. The van der Waals surface area contributed by atoms with Gasteiger partial charge in [0.05, 0.1) is 0 Å². The maximum absolute atomic E-state index is 13.9. The van der Waals surface area contributed by atoms with Crippen molar-refractivity contribution in [2.45, 2.75) is 26.0 Å². The number of carbonyl (C=O) groups is 1. The van der Waals surface area contributed by atoms with Gasteiger partial charge in [-0.1, -0.05) is 37.3 Å². The number of aryl methyl sites for hydroxylation is 1. The topological polar surface area (TPSA) is 69.0 Å². The number of rotatable bonds is 8. The molecule has 0 aliphatic rings. The van der Waals surface area contributed by atoms with Gasteiger partial charge in [0.15, 0.2) is 17.7 Å². The molecule has 0 fully saturated rings. The lowest BCUT2D eigenvalue weighted by atomic mass is 10.0. The summed E-state index contributed by atoms with van der Waals surface area (Å²) in [7, 11) is 1.89. The maximum Gasteiger partial charge on any atom is 0.261 e. The van der Waals surface area contributed by atoms with E-state index in [0.717, 1.165) is 27.9 Å². The van der Waals surface area contributed by atoms with Crippen molar-refractivity contribution in [3.8, 4) is 28.1 Å². The fourth-order valence-electron chi connectivity index (χ4n) is 3.59. The molecule has 0 aliphatic carbocycles. The van der Waals surface area contributed by atoms with E-state index in [-0.39, 0.29) is 11.7 Å². The molecule has 1 amide bonds. The Morgan fingerprint density at radius 1 is 1.09 bits per heavy atom. The summed E-state index contributed by atoms with van der Waals surface area (Å²) >= 11 is 0. The number of pyridine rings is 1. The second kappa shape index (κ2) is 10.1. The van der Waals surface area contributed by atoms with Gasteiger partial charge in [-0.2, -0.15) is 5.10 Å². The van der Waals surface area contributed by atoms with E-state index in [1.54, 1.807) is 29.2 Å². The molecule has 7 heteroatoms. The molecule has 4 rings (SSSR count). The minimum atomic E-state index is -0.779. The summed E-state index contributed by atoms with van der Waals surface area (Å²) < 4.78 is 21.3. The van der Waals surface area contributed by atoms with Crippen LogP contribution in [0.2, 0.25) is 0 Å². The maximum atomic E-state index is 13.9. The molecule has 0 saturated heterocycles. The van der Waals surface area contributed by atoms with Crippen molar-refractivity contribution in [1.29, 1.82) is 0 Å². The molecule has 33 heavy (non-hydrogen) atoms. The lowest BCUT2D eigenvalue weighted by molar-refractivity contribution is -0.128. The first-order valence-corrected chi connectivity index (χ1v) is 10.8. The molecule has 1 unspecified atom stereocenters. The molecule has 2 aromatic heterocycles. The first-order chi connectivity index (χ1) is 16.0. The predicted octanol–water partition coefficient (Wildman–Crippen LogP) is 4.76. The average molecular weight is 445 g/mol. The van der Waals surface area contributed by atoms with Gasteiger partial charge in [0.25, 0.3) is 5.91 Å². The minimum Gasteiger partial charge on any atom is -0.478 e. The monoisotopic (exact) mass is 444 g/mol. The van der Waals surface area contributed by atoms with Gasteiger partial charge in [0.1, 0.15) is 5.69 Å². The van der Waals surface area contributed by atoms with E-state index in [2.05, 4.69) is 15.4 Å². The van der Waals surface area contributed by atoms with Crippen molar-refractivity contribution >= 4 is 5.91 Å². The van der Waals surface area contributed by atoms with E-state index >= 15 is 0 Å². The average Bonchev–Trinajstić information content (AvgIpc) is 3.24. The normalized spacial score (nSPS) is 11.7. The number of nitrogens with one attached hydrogen (secondary N) is 1. The molecule has 168 valence electrons. The number of hydrogen-bond acceptors (Lipinski definition) is 4. The summed E-state index contributed by atoms with van der Waals surface area (Å²) in [6.07, 6.45) is 5.13. The van der Waals surface area contributed by atoms with Crippen LogP contribution in [0.25, 0.3) is 22.4 Å². The highest BCUT2D eigenvalue weighted by Gasteiger charge is 2.20. The summed E-state index contributed by atoms with van der Waals surface area (Å²) in [6.45, 7) is 2.15. The molecule has 0 spiro atoms. The van der Waals surface area contributed by atoms with E-state index in [0.29, 0.717) is 13.0 Å². The van der Waals surface area contributed by atoms with Crippen molar-refractivity contribution in [2.75, 3.05) is 0 Å². The van der Waals surface area contributed by atoms with Gasteiger partial charge in [-0.25, -0.2) is 4.39 Å². The Hall–Kier alpha value is -4.00. The largest absolute Gasteiger partial charge is 0.478 e. The van der Waals surface area contributed by atoms with Gasteiger partial charge < -0.3 is 10.1 Å². The Morgan fingerprint density at radius 3 is 2.64 bits per heavy atom. The zero-order chi connectivity index (χ0) is 23.2. The standard InChI is InChI=1S/C26H25FN4O2/c1-3-23(33-24-10-5-4-9-22(24)27)26(32)29-16-18-7-6-8-20(15-18)25-21(17-31(2)30-25)19-11-13-28-14-12-19/h4-15,17,23H,3,16H2,1-2H3,(H,29,32). The van der Waals surface area contributed by atoms with Gasteiger partial charge >= 0.3 is 0 Å². The van der Waals surface area contributed by atoms with Crippen LogP contribution in [0.1, 0.15) is 18.9 Å². The second-order valence-electron chi connectivity index (χ2n) is 7.66. The number of benzene rings is 2. The summed E-state index contributed by atoms with van der Waals surface area (Å²) in [4.78, 5) is 16.8. The lowest BCUT2D eigenvalue weighted by Crippen LogP contribution is -2.37. The zero-order valence-corrected chi connectivity index (χ0v) is 18.5. The van der Waals surface area contributed by atoms with Crippen LogP contribution in [0.5, 0.6) is 5.75 Å². The van der Waals surface area contributed by atoms with Crippen LogP contribution < -0.4 is 10.1 Å². The van der Waals surface area contributed by atoms with Gasteiger partial charge in [-0.15, -0.1) is 0 Å². The highest BCUT2D eigenvalue weighted by Crippen LogP contribution is 2.31. The number of carbonyl (C=O) groups excluding carboxylic acids is 1. The van der Waals surface area contributed by atoms with E-state index in [9.17, 15) is 9.18 Å². The van der Waals surface area contributed by atoms with Gasteiger partial charge in [0.2, 0.25) is 0 Å². The molecule has 0 aliphatic heterocycles. The molecule has 4 aromatic rings. The number of amides is 1. The molecular formula is C26H25FN4O2. The predicted molar refractivity (Wildman–Crippen MR) is 125 cm³/mol. The zero-order valence-electron chi connectivity index (χ0n) is 18.5. The van der Waals surface area contributed by atoms with Crippen molar-refractivity contribution in [3.05, 3.63) is 90.6 Å². The van der Waals surface area contributed by atoms with Crippen LogP contribution in [-0.2, 0) is 18.4 Å². The van der Waals surface area contributed by atoms with Crippen molar-refractivity contribution in [3.63, 3.8) is 0 Å². The third-order valence-electron chi connectivity index (χ3n) is 5.26. The van der Waals surface area contributed by atoms with Crippen molar-refractivity contribution < 1.29 is 13.9 Å². The molecule has 2 aromatic carbocycles. The number of para-hydroxylation sites is 1. The third-order valence-corrected chi connectivity index (χ3v) is 5.26. The molecule has 2 heterocycles. The number of nitrogens with zero attached hydrogens (tertiary/aromatic N) is 3. The Labute approximate surface area is 192 Å². The molecule has 0 bridgehead atoms. The Kier molecular flexibility index (Phi) is 6.78. The van der Waals surface area contributed by atoms with Crippen LogP contribution in [0, 0.1) is 5.82 Å². The SMILES string of the molecule is CCC(Oc1ccccc1F)C(=O)NCc1cccc(-c2nn(C)cc2-c2ccncc2)c1. The molecule has 6 nitrogen and oxygen atoms in total. The Balaban J connectivity index is 1.48. The smallest absolute Gasteiger partial charge is 0.261 e. The van der Waals surface area contributed by atoms with Crippen molar-refractivity contribution in [2.24, 2.45) is 7.05 Å². The first kappa shape index (κ1) is 22.2. The Morgan fingerprint density at radius 2 is 1.88 bits per heavy atom. The van der Waals surface area contributed by atoms with Gasteiger partial charge in [-0.05, 0) is 47.9 Å². The number of ether oxygens (including phenoxy) is 1.